The third-order valence-electron chi connectivity index (χ3n) is 2.04. The van der Waals surface area contributed by atoms with Crippen LogP contribution in [0.25, 0.3) is 10.4 Å². The molecule has 1 heterocycles. The Morgan fingerprint density at radius 2 is 1.69 bits per heavy atom. The number of thiophene rings is 1. The molecule has 0 aliphatic rings. The smallest absolute Gasteiger partial charge is 0.332 e. The first-order valence-electron chi connectivity index (χ1n) is 4.32. The first-order valence-corrected chi connectivity index (χ1v) is 5.20. The minimum absolute atomic E-state index is 0. The van der Waals surface area contributed by atoms with E-state index < -0.39 is 6.11 Å². The fraction of sp³-hybridized carbons (Fsp3) is 0.0909. The molecule has 0 amide bonds. The minimum atomic E-state index is -3.76. The molecule has 2 aromatic rings. The first kappa shape index (κ1) is 13.7. The molecular formula is C11H8CdF2OS. The van der Waals surface area contributed by atoms with Crippen molar-refractivity contribution in [2.24, 2.45) is 0 Å². The Hall–Kier alpha value is -0.338. The number of rotatable bonds is 2. The number of aliphatic hydroxyl groups is 1. The van der Waals surface area contributed by atoms with E-state index in [2.05, 4.69) is 0 Å². The zero-order valence-electron chi connectivity index (χ0n) is 8.36. The maximum absolute atomic E-state index is 12.5. The number of benzene rings is 1. The minimum Gasteiger partial charge on any atom is -0.332 e. The zero-order chi connectivity index (χ0) is 10.9. The van der Waals surface area contributed by atoms with Crippen molar-refractivity contribution in [1.82, 2.24) is 0 Å². The van der Waals surface area contributed by atoms with Crippen LogP contribution in [0.5, 0.6) is 0 Å². The maximum Gasteiger partial charge on any atom is 0.380 e. The van der Waals surface area contributed by atoms with E-state index in [-0.39, 0.29) is 32.9 Å². The molecule has 1 aromatic carbocycles. The van der Waals surface area contributed by atoms with Crippen LogP contribution in [0.15, 0.2) is 41.8 Å². The van der Waals surface area contributed by atoms with Gasteiger partial charge in [0.05, 0.1) is 5.56 Å². The molecule has 0 atom stereocenters. The summed E-state index contributed by atoms with van der Waals surface area (Å²) in [6, 6.07) is 9.42. The van der Waals surface area contributed by atoms with Crippen LogP contribution in [0.2, 0.25) is 0 Å². The van der Waals surface area contributed by atoms with Gasteiger partial charge >= 0.3 is 6.11 Å². The SMILES string of the molecule is OC(F)(F)c1ccc(-c2cccs2)cc1.[Cd]. The van der Waals surface area contributed by atoms with Gasteiger partial charge in [0.1, 0.15) is 0 Å². The summed E-state index contributed by atoms with van der Waals surface area (Å²) in [4.78, 5) is 1.02. The van der Waals surface area contributed by atoms with Gasteiger partial charge in [0.25, 0.3) is 0 Å². The van der Waals surface area contributed by atoms with E-state index in [9.17, 15) is 8.78 Å². The summed E-state index contributed by atoms with van der Waals surface area (Å²) < 4.78 is 25.0. The van der Waals surface area contributed by atoms with E-state index >= 15 is 0 Å². The molecule has 16 heavy (non-hydrogen) atoms. The van der Waals surface area contributed by atoms with Crippen molar-refractivity contribution in [3.8, 4) is 10.4 Å². The third kappa shape index (κ3) is 3.08. The molecule has 5 heteroatoms. The average Bonchev–Trinajstić information content (AvgIpc) is 2.69. The van der Waals surface area contributed by atoms with Gasteiger partial charge in [0.2, 0.25) is 0 Å². The van der Waals surface area contributed by atoms with Gasteiger partial charge in [-0.25, -0.2) is 0 Å². The van der Waals surface area contributed by atoms with Gasteiger partial charge in [-0.2, -0.15) is 8.78 Å². The van der Waals surface area contributed by atoms with Gasteiger partial charge in [-0.15, -0.1) is 11.3 Å². The van der Waals surface area contributed by atoms with Crippen LogP contribution in [-0.4, -0.2) is 5.11 Å². The molecule has 2 rings (SSSR count). The van der Waals surface area contributed by atoms with Crippen LogP contribution in [0.1, 0.15) is 5.56 Å². The second-order valence-corrected chi connectivity index (χ2v) is 4.04. The fourth-order valence-electron chi connectivity index (χ4n) is 1.28. The second kappa shape index (κ2) is 5.33. The van der Waals surface area contributed by atoms with Crippen molar-refractivity contribution in [1.29, 1.82) is 0 Å². The molecule has 1 nitrogen and oxygen atoms in total. The van der Waals surface area contributed by atoms with Crippen molar-refractivity contribution in [2.45, 2.75) is 6.11 Å². The van der Waals surface area contributed by atoms with Crippen LogP contribution in [0, 0.1) is 0 Å². The maximum atomic E-state index is 12.5. The van der Waals surface area contributed by atoms with Crippen molar-refractivity contribution >= 4 is 11.3 Å². The van der Waals surface area contributed by atoms with Gasteiger partial charge in [0.15, 0.2) is 0 Å². The molecule has 0 radical (unpaired) electrons. The Morgan fingerprint density at radius 1 is 1.06 bits per heavy atom. The second-order valence-electron chi connectivity index (χ2n) is 3.10. The Bertz CT molecular complexity index is 434. The van der Waals surface area contributed by atoms with Crippen molar-refractivity contribution in [3.63, 3.8) is 0 Å². The van der Waals surface area contributed by atoms with E-state index in [1.807, 2.05) is 17.5 Å². The molecule has 0 spiro atoms. The topological polar surface area (TPSA) is 20.2 Å². The van der Waals surface area contributed by atoms with E-state index in [4.69, 9.17) is 5.11 Å². The number of hydrogen-bond acceptors (Lipinski definition) is 2. The van der Waals surface area contributed by atoms with Crippen molar-refractivity contribution in [3.05, 3.63) is 47.3 Å². The van der Waals surface area contributed by atoms with E-state index in [1.165, 1.54) is 23.5 Å². The molecule has 0 fully saturated rings. The number of hydrogen-bond donors (Lipinski definition) is 1. The van der Waals surface area contributed by atoms with Crippen LogP contribution >= 0.6 is 11.3 Å². The van der Waals surface area contributed by atoms with Crippen LogP contribution < -0.4 is 0 Å². The predicted octanol–water partition coefficient (Wildman–Crippen LogP) is 3.45. The molecule has 1 N–H and O–H groups in total. The van der Waals surface area contributed by atoms with E-state index in [1.54, 1.807) is 12.1 Å². The summed E-state index contributed by atoms with van der Waals surface area (Å²) in [5.41, 5.74) is 0.487. The summed E-state index contributed by atoms with van der Waals surface area (Å²) in [5, 5.41) is 10.4. The molecule has 0 aliphatic heterocycles. The zero-order valence-corrected chi connectivity index (χ0v) is 13.2. The molecule has 1 aromatic heterocycles. The van der Waals surface area contributed by atoms with Crippen LogP contribution in [0.4, 0.5) is 8.78 Å². The Labute approximate surface area is 116 Å². The summed E-state index contributed by atoms with van der Waals surface area (Å²) >= 11 is 1.54. The first-order chi connectivity index (χ1) is 7.07. The number of alkyl halides is 2. The van der Waals surface area contributed by atoms with Gasteiger partial charge in [-0.05, 0) is 29.1 Å². The predicted molar refractivity (Wildman–Crippen MR) is 55.9 cm³/mol. The molecule has 0 unspecified atom stereocenters. The number of halogens is 2. The Balaban J connectivity index is 0.00000128. The van der Waals surface area contributed by atoms with Crippen LogP contribution in [-0.2, 0) is 33.4 Å². The van der Waals surface area contributed by atoms with E-state index in [0.29, 0.717) is 0 Å². The fourth-order valence-corrected chi connectivity index (χ4v) is 2.01. The van der Waals surface area contributed by atoms with Crippen LogP contribution in [0.3, 0.4) is 0 Å². The standard InChI is InChI=1S/C11H8F2OS.Cd/c12-11(13,14)9-5-3-8(4-6-9)10-2-1-7-15-10;/h1-7,14H;. The normalized spacial score (nSPS) is 10.9. The molecule has 0 saturated heterocycles. The molecule has 0 aliphatic carbocycles. The Kier molecular flexibility index (Phi) is 4.57. The quantitative estimate of drug-likeness (QED) is 0.832. The van der Waals surface area contributed by atoms with Gasteiger partial charge in [0, 0.05) is 32.2 Å². The molecular weight excluding hydrogens is 331 g/mol. The van der Waals surface area contributed by atoms with E-state index in [0.717, 1.165) is 10.4 Å². The summed E-state index contributed by atoms with van der Waals surface area (Å²) in [6.45, 7) is 0. The van der Waals surface area contributed by atoms with Crippen molar-refractivity contribution < 1.29 is 41.2 Å². The third-order valence-corrected chi connectivity index (χ3v) is 2.96. The molecule has 0 bridgehead atoms. The van der Waals surface area contributed by atoms with Gasteiger partial charge in [-0.1, -0.05) is 18.2 Å². The monoisotopic (exact) mass is 340 g/mol. The summed E-state index contributed by atoms with van der Waals surface area (Å²) in [5.74, 6) is 0. The van der Waals surface area contributed by atoms with Gasteiger partial charge in [-0.3, -0.25) is 0 Å². The Morgan fingerprint density at radius 3 is 2.12 bits per heavy atom. The van der Waals surface area contributed by atoms with Gasteiger partial charge < -0.3 is 5.11 Å². The molecule has 0 saturated carbocycles. The largest absolute Gasteiger partial charge is 0.380 e. The van der Waals surface area contributed by atoms with Crippen molar-refractivity contribution in [2.75, 3.05) is 0 Å². The average molecular weight is 339 g/mol. The molecule has 80 valence electrons. The summed E-state index contributed by atoms with van der Waals surface area (Å²) in [6.07, 6.45) is -3.76. The summed E-state index contributed by atoms with van der Waals surface area (Å²) in [7, 11) is 0.